The first kappa shape index (κ1) is 19.0. The van der Waals surface area contributed by atoms with E-state index in [2.05, 4.69) is 15.6 Å². The largest absolute Gasteiger partial charge is 0.493 e. The number of aromatic nitrogens is 1. The van der Waals surface area contributed by atoms with Gasteiger partial charge in [-0.1, -0.05) is 6.07 Å². The number of ether oxygens (including phenoxy) is 1. The normalized spacial score (nSPS) is 23.6. The van der Waals surface area contributed by atoms with E-state index in [1.807, 2.05) is 25.1 Å². The van der Waals surface area contributed by atoms with E-state index in [9.17, 15) is 14.0 Å². The lowest BCUT2D eigenvalue weighted by atomic mass is 9.91. The number of carbonyl (C=O) groups is 2. The molecule has 7 heteroatoms. The SMILES string of the molecule is Cc1cccc(C2(NC(=O)N[C@@H]3C(=O)CC[C@H]3c3cc4c(cc3F)OCC4)CC2)n1. The summed E-state index contributed by atoms with van der Waals surface area (Å²) in [6, 6.07) is 7.80. The molecule has 2 fully saturated rings. The van der Waals surface area contributed by atoms with E-state index in [1.54, 1.807) is 6.07 Å². The maximum absolute atomic E-state index is 14.7. The molecule has 1 aliphatic heterocycles. The van der Waals surface area contributed by atoms with Gasteiger partial charge in [0.1, 0.15) is 11.6 Å². The third-order valence-electron chi connectivity index (χ3n) is 6.43. The molecule has 0 unspecified atom stereocenters. The molecular formula is C23H24FN3O3. The van der Waals surface area contributed by atoms with Gasteiger partial charge < -0.3 is 15.4 Å². The van der Waals surface area contributed by atoms with E-state index in [-0.39, 0.29) is 17.5 Å². The quantitative estimate of drug-likeness (QED) is 0.812. The van der Waals surface area contributed by atoms with Crippen LogP contribution in [-0.4, -0.2) is 29.4 Å². The molecule has 156 valence electrons. The second-order valence-electron chi connectivity index (χ2n) is 8.51. The number of Topliss-reactive ketones (excluding diaryl/α,β-unsaturated/α-hetero) is 1. The van der Waals surface area contributed by atoms with Crippen molar-refractivity contribution in [2.75, 3.05) is 6.61 Å². The molecule has 2 saturated carbocycles. The Balaban J connectivity index is 1.33. The molecule has 0 spiro atoms. The van der Waals surface area contributed by atoms with Gasteiger partial charge in [-0.2, -0.15) is 0 Å². The zero-order chi connectivity index (χ0) is 20.9. The lowest BCUT2D eigenvalue weighted by Crippen LogP contribution is -2.49. The lowest BCUT2D eigenvalue weighted by molar-refractivity contribution is -0.119. The molecule has 0 saturated heterocycles. The topological polar surface area (TPSA) is 80.3 Å². The Morgan fingerprint density at radius 1 is 1.27 bits per heavy atom. The molecule has 2 atom stereocenters. The van der Waals surface area contributed by atoms with Gasteiger partial charge in [0.15, 0.2) is 5.78 Å². The highest BCUT2D eigenvalue weighted by atomic mass is 19.1. The number of nitrogens with one attached hydrogen (secondary N) is 2. The van der Waals surface area contributed by atoms with Crippen molar-refractivity contribution >= 4 is 11.8 Å². The first-order valence-electron chi connectivity index (χ1n) is 10.5. The van der Waals surface area contributed by atoms with Crippen LogP contribution in [0.15, 0.2) is 30.3 Å². The van der Waals surface area contributed by atoms with Crippen LogP contribution in [0, 0.1) is 12.7 Å². The minimum atomic E-state index is -0.735. The fraction of sp³-hybridized carbons (Fsp3) is 0.435. The van der Waals surface area contributed by atoms with E-state index in [1.165, 1.54) is 6.07 Å². The maximum Gasteiger partial charge on any atom is 0.316 e. The molecule has 1 aromatic carbocycles. The fourth-order valence-electron chi connectivity index (χ4n) is 4.64. The van der Waals surface area contributed by atoms with Gasteiger partial charge in [-0.25, -0.2) is 9.18 Å². The minimum absolute atomic E-state index is 0.0650. The Morgan fingerprint density at radius 3 is 2.87 bits per heavy atom. The second kappa shape index (κ2) is 7.07. The standard InChI is InChI=1S/C23H24FN3O3/c1-13-3-2-4-20(25-13)23(8-9-23)27-22(29)26-21-15(5-6-18(21)28)16-11-14-7-10-30-19(14)12-17(16)24/h2-4,11-12,15,21H,5-10H2,1H3,(H2,26,27,29)/t15-,21-/m0/s1. The molecule has 30 heavy (non-hydrogen) atoms. The Morgan fingerprint density at radius 2 is 2.10 bits per heavy atom. The van der Waals surface area contributed by atoms with Crippen molar-refractivity contribution in [2.45, 2.75) is 56.5 Å². The highest BCUT2D eigenvalue weighted by Crippen LogP contribution is 2.45. The predicted octanol–water partition coefficient (Wildman–Crippen LogP) is 3.27. The summed E-state index contributed by atoms with van der Waals surface area (Å²) in [6.45, 7) is 2.46. The van der Waals surface area contributed by atoms with Crippen LogP contribution in [0.2, 0.25) is 0 Å². The number of benzene rings is 1. The molecular weight excluding hydrogens is 385 g/mol. The predicted molar refractivity (Wildman–Crippen MR) is 108 cm³/mol. The molecule has 0 bridgehead atoms. The molecule has 3 aliphatic rings. The first-order valence-corrected chi connectivity index (χ1v) is 10.5. The number of hydrogen-bond acceptors (Lipinski definition) is 4. The van der Waals surface area contributed by atoms with E-state index >= 15 is 0 Å². The number of hydrogen-bond donors (Lipinski definition) is 2. The average molecular weight is 409 g/mol. The van der Waals surface area contributed by atoms with Crippen molar-refractivity contribution in [3.63, 3.8) is 0 Å². The van der Waals surface area contributed by atoms with Crippen molar-refractivity contribution in [1.82, 2.24) is 15.6 Å². The minimum Gasteiger partial charge on any atom is -0.493 e. The Hall–Kier alpha value is -2.96. The van der Waals surface area contributed by atoms with Crippen LogP contribution in [-0.2, 0) is 16.8 Å². The van der Waals surface area contributed by atoms with Gasteiger partial charge in [-0.15, -0.1) is 0 Å². The van der Waals surface area contributed by atoms with Gasteiger partial charge in [0, 0.05) is 30.5 Å². The number of fused-ring (bicyclic) bond motifs is 1. The lowest BCUT2D eigenvalue weighted by Gasteiger charge is -2.24. The third-order valence-corrected chi connectivity index (χ3v) is 6.43. The number of nitrogens with zero attached hydrogens (tertiary/aromatic N) is 1. The molecule has 2 heterocycles. The molecule has 1 aromatic heterocycles. The van der Waals surface area contributed by atoms with Gasteiger partial charge in [0.05, 0.1) is 23.9 Å². The zero-order valence-electron chi connectivity index (χ0n) is 16.8. The summed E-state index contributed by atoms with van der Waals surface area (Å²) >= 11 is 0. The molecule has 2 aliphatic carbocycles. The number of urea groups is 1. The summed E-state index contributed by atoms with van der Waals surface area (Å²) in [6.07, 6.45) is 3.18. The summed E-state index contributed by atoms with van der Waals surface area (Å²) in [5.41, 5.74) is 2.68. The fourth-order valence-corrected chi connectivity index (χ4v) is 4.64. The van der Waals surface area contributed by atoms with Gasteiger partial charge in [0.25, 0.3) is 0 Å². The third kappa shape index (κ3) is 3.32. The molecule has 2 aromatic rings. The number of aryl methyl sites for hydroxylation is 1. The van der Waals surface area contributed by atoms with Crippen molar-refractivity contribution in [3.8, 4) is 5.75 Å². The highest BCUT2D eigenvalue weighted by Gasteiger charge is 2.48. The highest BCUT2D eigenvalue weighted by molar-refractivity contribution is 5.91. The van der Waals surface area contributed by atoms with E-state index < -0.39 is 17.6 Å². The van der Waals surface area contributed by atoms with Gasteiger partial charge in [0.2, 0.25) is 0 Å². The van der Waals surface area contributed by atoms with Crippen LogP contribution in [0.3, 0.4) is 0 Å². The Labute approximate surface area is 174 Å². The van der Waals surface area contributed by atoms with Gasteiger partial charge >= 0.3 is 6.03 Å². The molecule has 6 nitrogen and oxygen atoms in total. The molecule has 0 radical (unpaired) electrons. The van der Waals surface area contributed by atoms with Crippen LogP contribution in [0.5, 0.6) is 5.75 Å². The van der Waals surface area contributed by atoms with Crippen LogP contribution >= 0.6 is 0 Å². The summed E-state index contributed by atoms with van der Waals surface area (Å²) in [7, 11) is 0. The van der Waals surface area contributed by atoms with E-state index in [0.29, 0.717) is 30.8 Å². The van der Waals surface area contributed by atoms with E-state index in [0.717, 1.165) is 36.2 Å². The Bertz CT molecular complexity index is 1030. The van der Waals surface area contributed by atoms with Crippen LogP contribution in [0.1, 0.15) is 54.1 Å². The Kier molecular flexibility index (Phi) is 4.49. The zero-order valence-corrected chi connectivity index (χ0v) is 16.8. The number of amides is 2. The monoisotopic (exact) mass is 409 g/mol. The maximum atomic E-state index is 14.7. The number of halogens is 1. The smallest absolute Gasteiger partial charge is 0.316 e. The molecule has 5 rings (SSSR count). The first-order chi connectivity index (χ1) is 14.4. The summed E-state index contributed by atoms with van der Waals surface area (Å²) in [5.74, 6) is -0.249. The summed E-state index contributed by atoms with van der Waals surface area (Å²) in [5, 5.41) is 5.84. The van der Waals surface area contributed by atoms with Crippen molar-refractivity contribution in [3.05, 3.63) is 58.7 Å². The van der Waals surface area contributed by atoms with Gasteiger partial charge in [-0.05, 0) is 55.5 Å². The van der Waals surface area contributed by atoms with Crippen LogP contribution < -0.4 is 15.4 Å². The number of rotatable bonds is 4. The number of carbonyl (C=O) groups excluding carboxylic acids is 2. The van der Waals surface area contributed by atoms with E-state index in [4.69, 9.17) is 4.74 Å². The van der Waals surface area contributed by atoms with Crippen molar-refractivity contribution in [2.24, 2.45) is 0 Å². The number of ketones is 1. The van der Waals surface area contributed by atoms with Crippen LogP contribution in [0.4, 0.5) is 9.18 Å². The van der Waals surface area contributed by atoms with Crippen molar-refractivity contribution in [1.29, 1.82) is 0 Å². The second-order valence-corrected chi connectivity index (χ2v) is 8.51. The van der Waals surface area contributed by atoms with Crippen molar-refractivity contribution < 1.29 is 18.7 Å². The van der Waals surface area contributed by atoms with Crippen LogP contribution in [0.25, 0.3) is 0 Å². The molecule has 2 amide bonds. The van der Waals surface area contributed by atoms with Gasteiger partial charge in [-0.3, -0.25) is 9.78 Å². The number of pyridine rings is 1. The summed E-state index contributed by atoms with van der Waals surface area (Å²) in [4.78, 5) is 29.9. The summed E-state index contributed by atoms with van der Waals surface area (Å²) < 4.78 is 20.2. The average Bonchev–Trinajstić information content (AvgIpc) is 3.20. The molecule has 2 N–H and O–H groups in total.